The zero-order chi connectivity index (χ0) is 3.58. The summed E-state index contributed by atoms with van der Waals surface area (Å²) in [5.41, 5.74) is 0. The Morgan fingerprint density at radius 1 is 0.333 bits per heavy atom. The zero-order valence-electron chi connectivity index (χ0n) is 7.47. The van der Waals surface area contributed by atoms with Crippen LogP contribution in [0, 0.1) is 421 Å². The van der Waals surface area contributed by atoms with E-state index in [4.69, 9.17) is 0 Å². The normalized spacial score (nSPS) is 2.40. The molecule has 0 unspecified atom stereocenters. The Kier molecular flexibility index (Phi) is 371. The van der Waals surface area contributed by atoms with E-state index in [0.29, 0.717) is 0 Å². The van der Waals surface area contributed by atoms with E-state index in [9.17, 15) is 0 Å². The molecule has 0 bridgehead atoms. The van der Waals surface area contributed by atoms with Gasteiger partial charge in [0.25, 0.3) is 0 Å². The maximum absolute atomic E-state index is 2.17. The molecule has 0 aromatic heterocycles. The molecule has 0 N–H and O–H groups in total. The van der Waals surface area contributed by atoms with Gasteiger partial charge >= 0.3 is 0 Å². The van der Waals surface area contributed by atoms with E-state index in [1.54, 1.807) is 0 Å². The van der Waals surface area contributed by atoms with Crippen LogP contribution in [-0.4, -0.2) is 0 Å². The smallest absolute Gasteiger partial charge is 0 e. The summed E-state index contributed by atoms with van der Waals surface area (Å²) in [6, 6.07) is 0. The van der Waals surface area contributed by atoms with E-state index >= 15 is 0 Å². The molecule has 0 nitrogen and oxygen atoms in total. The van der Waals surface area contributed by atoms with Gasteiger partial charge in [0.2, 0.25) is 0 Å². The van der Waals surface area contributed by atoms with Gasteiger partial charge in [0.15, 0.2) is 0 Å². The van der Waals surface area contributed by atoms with Crippen molar-refractivity contribution in [3.63, 3.8) is 0 Å². The number of hydrogen-bond donors (Lipinski definition) is 0. The minimum Gasteiger partial charge on any atom is -0.0630 e. The molecule has 0 aromatic rings. The maximum atomic E-state index is 2.17. The molecule has 0 aliphatic rings. The summed E-state index contributed by atoms with van der Waals surface area (Å²) >= 11 is 0. The fourth-order valence-electron chi connectivity index (χ4n) is 0. The van der Waals surface area contributed by atoms with Gasteiger partial charge in [-0.3, -0.25) is 0 Å². The van der Waals surface area contributed by atoms with Crippen molar-refractivity contribution in [1.29, 1.82) is 0 Å². The van der Waals surface area contributed by atoms with E-state index in [1.165, 1.54) is 0 Å². The Bertz CT molecular complexity index is 17.3. The predicted molar refractivity (Wildman–Crippen MR) is 20.5 cm³/mol. The average Bonchev–Trinajstić information content (AvgIpc) is 0.811. The molecule has 114 valence electrons. The Morgan fingerprint density at radius 2 is 0.333 bits per heavy atom. The van der Waals surface area contributed by atoms with Gasteiger partial charge in [-0.05, 0) is 5.92 Å². The minimum atomic E-state index is 0. The van der Waals surface area contributed by atoms with Crippen LogP contribution in [0.3, 0.4) is 0 Å². The molecule has 0 aliphatic heterocycles. The van der Waals surface area contributed by atoms with Crippen molar-refractivity contribution in [3.05, 3.63) is 0 Å². The Hall–Kier alpha value is 13.9. The van der Waals surface area contributed by atoms with E-state index in [2.05, 4.69) is 20.8 Å². The maximum Gasteiger partial charge on any atom is 0 e. The quantitative estimate of drug-likeness (QED) is 0.478. The van der Waals surface area contributed by atoms with Crippen molar-refractivity contribution in [2.45, 2.75) is 20.8 Å². The van der Waals surface area contributed by atoms with Crippen LogP contribution in [0.25, 0.3) is 0 Å². The Morgan fingerprint density at radius 3 is 0.333 bits per heavy atom. The summed E-state index contributed by atoms with van der Waals surface area (Å²) in [4.78, 5) is 0. The van der Waals surface area contributed by atoms with Gasteiger partial charge in [0, 0.05) is 415 Å². The third-order valence-electron chi connectivity index (χ3n) is 0. The number of rotatable bonds is 0. The van der Waals surface area contributed by atoms with Crippen LogP contribution in [0.5, 0.6) is 0 Å². The summed E-state index contributed by atoms with van der Waals surface area (Å²) in [6.45, 7) is 6.50. The third-order valence-corrected chi connectivity index (χ3v) is 0. The van der Waals surface area contributed by atoms with Crippen molar-refractivity contribution in [2.24, 2.45) is 5.92 Å². The fourth-order valence-corrected chi connectivity index (χ4v) is 0. The third kappa shape index (κ3) is 97.0. The molecule has 0 aromatic carbocycles. The molecular weight excluding hydrogens is 487 g/mol. The van der Waals surface area contributed by atoms with Crippen LogP contribution in [-0.2, 0) is 0 Å². The van der Waals surface area contributed by atoms with Gasteiger partial charge in [0.05, 0.1) is 0 Å². The summed E-state index contributed by atoms with van der Waals surface area (Å²) in [7, 11) is 0. The molecule has 0 amide bonds. The van der Waals surface area contributed by atoms with Gasteiger partial charge in [-0.15, -0.1) is 0 Å². The second kappa shape index (κ2) is 70.7. The summed E-state index contributed by atoms with van der Waals surface area (Å²) in [5.74, 6) is 0.833. The summed E-state index contributed by atoms with van der Waals surface area (Å²) in [5, 5.41) is 0. The van der Waals surface area contributed by atoms with E-state index in [1.807, 2.05) is 0 Å². The SMILES string of the molecule is CC(C)C.[Ar].[Ar].[Ar].[Ar].[Ar].[Ar].[Ar].[Ar].[Ar].[Ar].[Ar]. The largest absolute Gasteiger partial charge is 0.0630 e. The van der Waals surface area contributed by atoms with Gasteiger partial charge < -0.3 is 0 Å². The molecule has 0 saturated carbocycles. The first kappa shape index (κ1) is 78.8. The van der Waals surface area contributed by atoms with Crippen LogP contribution in [0.1, 0.15) is 20.8 Å². The molecule has 0 spiro atoms. The van der Waals surface area contributed by atoms with Crippen molar-refractivity contribution in [1.82, 2.24) is 0 Å². The van der Waals surface area contributed by atoms with Gasteiger partial charge in [0.1, 0.15) is 0 Å². The molecule has 0 aliphatic carbocycles. The standard InChI is InChI=1S/C4H10.11Ar/c1-4(2)3;;;;;;;;;;;/h4H,1-3H3;;;;;;;;;;;. The van der Waals surface area contributed by atoms with E-state index in [-0.39, 0.29) is 415 Å². The predicted octanol–water partition coefficient (Wildman–Crippen LogP) is 1.66. The zero-order valence-corrected chi connectivity index (χ0v) is 15.2. The molecule has 0 rings (SSSR count). The van der Waals surface area contributed by atoms with Crippen LogP contribution in [0.2, 0.25) is 0 Å². The first-order chi connectivity index (χ1) is 1.73. The van der Waals surface area contributed by atoms with Gasteiger partial charge in [-0.1, -0.05) is 20.8 Å². The molecule has 0 fully saturated rings. The van der Waals surface area contributed by atoms with Crippen molar-refractivity contribution in [2.75, 3.05) is 0 Å². The van der Waals surface area contributed by atoms with Crippen LogP contribution in [0.15, 0.2) is 0 Å². The second-order valence-corrected chi connectivity index (χ2v) is 1.73. The van der Waals surface area contributed by atoms with Crippen molar-refractivity contribution >= 4 is 0 Å². The van der Waals surface area contributed by atoms with Crippen LogP contribution < -0.4 is 0 Å². The van der Waals surface area contributed by atoms with Crippen LogP contribution >= 0.6 is 0 Å². The Labute approximate surface area is 425 Å². The molecule has 0 radical (unpaired) electrons. The molecular formula is C4H10Ar11. The fraction of sp³-hybridized carbons (Fsp3) is 1.00. The van der Waals surface area contributed by atoms with Crippen molar-refractivity contribution in [3.8, 4) is 0 Å². The number of hydrogen-bond acceptors (Lipinski definition) is 0. The van der Waals surface area contributed by atoms with E-state index in [0.717, 1.165) is 5.92 Å². The van der Waals surface area contributed by atoms with Crippen LogP contribution in [0.4, 0.5) is 0 Å². The van der Waals surface area contributed by atoms with E-state index < -0.39 is 0 Å². The molecule has 11 heteroatoms. The monoisotopic (exact) mass is 498 g/mol. The first-order valence-corrected chi connectivity index (χ1v) is 1.73. The topological polar surface area (TPSA) is 0 Å². The molecule has 0 heterocycles. The van der Waals surface area contributed by atoms with Gasteiger partial charge in [-0.25, -0.2) is 0 Å². The summed E-state index contributed by atoms with van der Waals surface area (Å²) < 4.78 is 0. The summed E-state index contributed by atoms with van der Waals surface area (Å²) in [6.07, 6.45) is 0. The van der Waals surface area contributed by atoms with Crippen molar-refractivity contribution < 1.29 is 415 Å². The second-order valence-electron chi connectivity index (χ2n) is 1.73. The Balaban J connectivity index is -0.000000000818. The average molecular weight is 498 g/mol. The molecule has 0 atom stereocenters. The first-order valence-electron chi connectivity index (χ1n) is 1.73. The molecule has 15 heavy (non-hydrogen) atoms. The molecule has 0 saturated heterocycles. The minimum absolute atomic E-state index is 0. The van der Waals surface area contributed by atoms with Gasteiger partial charge in [-0.2, -0.15) is 0 Å².